The van der Waals surface area contributed by atoms with Crippen molar-refractivity contribution >= 4 is 39.5 Å². The maximum absolute atomic E-state index is 13.6. The molecular formula is C25H18N2O4. The smallest absolute Gasteiger partial charge is 0.274 e. The Kier molecular flexibility index (Phi) is 3.69. The molecular weight excluding hydrogens is 392 g/mol. The highest BCUT2D eigenvalue weighted by Gasteiger charge is 2.61. The number of nitrogens with zero attached hydrogens (tertiary/aromatic N) is 2. The first-order valence-corrected chi connectivity index (χ1v) is 10.4. The molecule has 1 heterocycles. The molecule has 2 aliphatic carbocycles. The van der Waals surface area contributed by atoms with Gasteiger partial charge in [-0.2, -0.15) is 0 Å². The van der Waals surface area contributed by atoms with Crippen LogP contribution in [0, 0.1) is 33.8 Å². The fraction of sp³-hybridized carbons (Fsp3) is 0.200. The summed E-state index contributed by atoms with van der Waals surface area (Å²) in [4.78, 5) is 39.3. The van der Waals surface area contributed by atoms with Gasteiger partial charge in [-0.1, -0.05) is 54.6 Å². The first-order chi connectivity index (χ1) is 15.1. The fourth-order valence-electron chi connectivity index (χ4n) is 5.82. The number of hydrogen-bond acceptors (Lipinski definition) is 4. The van der Waals surface area contributed by atoms with Crippen LogP contribution in [0.3, 0.4) is 0 Å². The van der Waals surface area contributed by atoms with Gasteiger partial charge in [0.1, 0.15) is 0 Å². The molecule has 0 aromatic heterocycles. The Balaban J connectivity index is 1.44. The minimum Gasteiger partial charge on any atom is -0.274 e. The van der Waals surface area contributed by atoms with Crippen LogP contribution >= 0.6 is 0 Å². The third kappa shape index (κ3) is 2.39. The van der Waals surface area contributed by atoms with E-state index in [1.165, 1.54) is 17.0 Å². The van der Waals surface area contributed by atoms with Gasteiger partial charge >= 0.3 is 0 Å². The number of carbonyl (C=O) groups is 2. The second-order valence-corrected chi connectivity index (χ2v) is 8.46. The molecule has 3 aliphatic rings. The Labute approximate surface area is 177 Å². The Morgan fingerprint density at radius 1 is 0.839 bits per heavy atom. The second kappa shape index (κ2) is 6.35. The number of imide groups is 1. The lowest BCUT2D eigenvalue weighted by Gasteiger charge is -2.22. The van der Waals surface area contributed by atoms with Crippen LogP contribution in [0.4, 0.5) is 11.4 Å². The minimum atomic E-state index is -0.440. The predicted octanol–water partition coefficient (Wildman–Crippen LogP) is 4.59. The zero-order valence-corrected chi connectivity index (χ0v) is 16.5. The Hall–Kier alpha value is -3.80. The molecule has 3 aromatic carbocycles. The number of anilines is 1. The molecule has 6 nitrogen and oxygen atoms in total. The van der Waals surface area contributed by atoms with E-state index in [0.717, 1.165) is 17.6 Å². The number of nitro benzene ring substituents is 1. The van der Waals surface area contributed by atoms with Gasteiger partial charge in [-0.15, -0.1) is 0 Å². The molecule has 6 heteroatoms. The standard InChI is InChI=1S/C25H18N2O4/c28-24-22-15-12-18(14-6-2-1-3-7-14)19(13-15)23(22)25(29)26(24)20-10-11-21(27(30)31)17-9-5-4-8-16(17)20/h1-12,15,19,22-23H,13H2/t15-,19-,22-,23+/m1/s1. The van der Waals surface area contributed by atoms with Gasteiger partial charge in [-0.05, 0) is 41.5 Å². The summed E-state index contributed by atoms with van der Waals surface area (Å²) in [5.74, 6) is -1.02. The summed E-state index contributed by atoms with van der Waals surface area (Å²) in [5.41, 5.74) is 2.66. The van der Waals surface area contributed by atoms with Crippen molar-refractivity contribution in [2.75, 3.05) is 4.90 Å². The van der Waals surface area contributed by atoms with Crippen LogP contribution in [0.15, 0.2) is 72.8 Å². The number of non-ortho nitro benzene ring substituents is 1. The van der Waals surface area contributed by atoms with Gasteiger partial charge in [0.25, 0.3) is 5.69 Å². The SMILES string of the molecule is O=C1[C@@H]2[C@H](C(=O)N1c1ccc([N+](=O)[O-])c3ccccc13)[C@@H]1C=C(c3ccccc3)[C@H]2C1. The van der Waals surface area contributed by atoms with E-state index >= 15 is 0 Å². The number of fused-ring (bicyclic) bond motifs is 6. The van der Waals surface area contributed by atoms with Crippen molar-refractivity contribution in [3.63, 3.8) is 0 Å². The zero-order chi connectivity index (χ0) is 21.3. The van der Waals surface area contributed by atoms with Crippen LogP contribution in [-0.2, 0) is 9.59 Å². The van der Waals surface area contributed by atoms with Crippen molar-refractivity contribution in [2.24, 2.45) is 23.7 Å². The number of amides is 2. The second-order valence-electron chi connectivity index (χ2n) is 8.46. The van der Waals surface area contributed by atoms with E-state index < -0.39 is 4.92 Å². The third-order valence-corrected chi connectivity index (χ3v) is 7.03. The molecule has 2 fully saturated rings. The number of hydrogen-bond donors (Lipinski definition) is 0. The number of benzene rings is 3. The van der Waals surface area contributed by atoms with Crippen LogP contribution in [0.25, 0.3) is 16.3 Å². The molecule has 4 atom stereocenters. The van der Waals surface area contributed by atoms with Crippen molar-refractivity contribution in [3.05, 3.63) is 88.5 Å². The lowest BCUT2D eigenvalue weighted by Crippen LogP contribution is -2.33. The van der Waals surface area contributed by atoms with E-state index in [1.54, 1.807) is 24.3 Å². The van der Waals surface area contributed by atoms with Crippen LogP contribution in [0.1, 0.15) is 12.0 Å². The first kappa shape index (κ1) is 18.0. The Bertz CT molecular complexity index is 1310. The van der Waals surface area contributed by atoms with E-state index in [2.05, 4.69) is 6.08 Å². The molecule has 2 amide bonds. The topological polar surface area (TPSA) is 80.5 Å². The Morgan fingerprint density at radius 3 is 2.26 bits per heavy atom. The molecule has 152 valence electrons. The molecule has 0 unspecified atom stereocenters. The van der Waals surface area contributed by atoms with E-state index in [4.69, 9.17) is 0 Å². The van der Waals surface area contributed by atoms with E-state index in [9.17, 15) is 19.7 Å². The van der Waals surface area contributed by atoms with Crippen molar-refractivity contribution in [1.82, 2.24) is 0 Å². The summed E-state index contributed by atoms with van der Waals surface area (Å²) >= 11 is 0. The monoisotopic (exact) mass is 410 g/mol. The highest BCUT2D eigenvalue weighted by Crippen LogP contribution is 2.58. The lowest BCUT2D eigenvalue weighted by atomic mass is 9.79. The summed E-state index contributed by atoms with van der Waals surface area (Å²) in [7, 11) is 0. The van der Waals surface area contributed by atoms with Crippen molar-refractivity contribution in [2.45, 2.75) is 6.42 Å². The molecule has 1 saturated heterocycles. The van der Waals surface area contributed by atoms with Gasteiger partial charge in [0, 0.05) is 11.5 Å². The molecule has 0 radical (unpaired) electrons. The average molecular weight is 410 g/mol. The maximum atomic E-state index is 13.6. The number of carbonyl (C=O) groups excluding carboxylic acids is 2. The Morgan fingerprint density at radius 2 is 1.52 bits per heavy atom. The van der Waals surface area contributed by atoms with Gasteiger partial charge in [-0.25, -0.2) is 4.90 Å². The third-order valence-electron chi connectivity index (χ3n) is 7.03. The minimum absolute atomic E-state index is 0.0307. The van der Waals surface area contributed by atoms with Crippen molar-refractivity contribution in [1.29, 1.82) is 0 Å². The first-order valence-electron chi connectivity index (χ1n) is 10.4. The summed E-state index contributed by atoms with van der Waals surface area (Å²) in [6.07, 6.45) is 3.00. The maximum Gasteiger partial charge on any atom is 0.277 e. The van der Waals surface area contributed by atoms with E-state index in [1.807, 2.05) is 30.3 Å². The lowest BCUT2D eigenvalue weighted by molar-refractivity contribution is -0.383. The highest BCUT2D eigenvalue weighted by atomic mass is 16.6. The molecule has 1 aliphatic heterocycles. The summed E-state index contributed by atoms with van der Waals surface area (Å²) < 4.78 is 0. The van der Waals surface area contributed by atoms with E-state index in [0.29, 0.717) is 16.5 Å². The van der Waals surface area contributed by atoms with Crippen LogP contribution in [0.5, 0.6) is 0 Å². The van der Waals surface area contributed by atoms with Gasteiger partial charge in [0.05, 0.1) is 27.8 Å². The fourth-order valence-corrected chi connectivity index (χ4v) is 5.82. The summed E-state index contributed by atoms with van der Waals surface area (Å²) in [6, 6.07) is 19.8. The van der Waals surface area contributed by atoms with Crippen LogP contribution in [-0.4, -0.2) is 16.7 Å². The average Bonchev–Trinajstić information content (AvgIpc) is 3.45. The van der Waals surface area contributed by atoms with Crippen LogP contribution < -0.4 is 4.90 Å². The zero-order valence-electron chi connectivity index (χ0n) is 16.5. The van der Waals surface area contributed by atoms with Gasteiger partial charge in [-0.3, -0.25) is 19.7 Å². The molecule has 3 aromatic rings. The molecule has 0 N–H and O–H groups in total. The highest BCUT2D eigenvalue weighted by molar-refractivity contribution is 6.26. The normalized spacial score (nSPS) is 26.5. The van der Waals surface area contributed by atoms with Crippen LogP contribution in [0.2, 0.25) is 0 Å². The summed E-state index contributed by atoms with van der Waals surface area (Å²) in [6.45, 7) is 0. The molecule has 2 bridgehead atoms. The van der Waals surface area contributed by atoms with Crippen molar-refractivity contribution < 1.29 is 14.5 Å². The number of allylic oxidation sites excluding steroid dienone is 2. The predicted molar refractivity (Wildman–Crippen MR) is 116 cm³/mol. The largest absolute Gasteiger partial charge is 0.277 e. The van der Waals surface area contributed by atoms with Crippen molar-refractivity contribution in [3.8, 4) is 0 Å². The molecule has 6 rings (SSSR count). The van der Waals surface area contributed by atoms with Gasteiger partial charge < -0.3 is 0 Å². The molecule has 0 spiro atoms. The molecule has 31 heavy (non-hydrogen) atoms. The molecule has 1 saturated carbocycles. The quantitative estimate of drug-likeness (QED) is 0.359. The number of rotatable bonds is 3. The summed E-state index contributed by atoms with van der Waals surface area (Å²) in [5, 5.41) is 12.4. The number of nitro groups is 1. The van der Waals surface area contributed by atoms with Gasteiger partial charge in [0.15, 0.2) is 0 Å². The van der Waals surface area contributed by atoms with E-state index in [-0.39, 0.29) is 41.2 Å². The van der Waals surface area contributed by atoms with Gasteiger partial charge in [0.2, 0.25) is 11.8 Å².